The van der Waals surface area contributed by atoms with E-state index in [1.807, 2.05) is 6.92 Å². The van der Waals surface area contributed by atoms with Gasteiger partial charge in [-0.15, -0.1) is 0 Å². The fourth-order valence-corrected chi connectivity index (χ4v) is 1.62. The molecule has 1 aliphatic heterocycles. The molecule has 0 aliphatic carbocycles. The van der Waals surface area contributed by atoms with Gasteiger partial charge in [0.1, 0.15) is 0 Å². The van der Waals surface area contributed by atoms with E-state index in [9.17, 15) is 4.79 Å². The second-order valence-electron chi connectivity index (χ2n) is 4.33. The minimum absolute atomic E-state index is 0.155. The van der Waals surface area contributed by atoms with E-state index in [0.29, 0.717) is 36.8 Å². The average Bonchev–Trinajstić information content (AvgIpc) is 2.84. The van der Waals surface area contributed by atoms with Gasteiger partial charge in [-0.25, -0.2) is 0 Å². The molecular weight excluding hydrogens is 246 g/mol. The van der Waals surface area contributed by atoms with Crippen LogP contribution in [-0.4, -0.2) is 32.5 Å². The fourth-order valence-electron chi connectivity index (χ4n) is 1.62. The average molecular weight is 263 g/mol. The second kappa shape index (κ2) is 6.24. The van der Waals surface area contributed by atoms with Crippen molar-refractivity contribution >= 4 is 5.91 Å². The number of benzene rings is 1. The van der Waals surface area contributed by atoms with E-state index in [4.69, 9.17) is 14.2 Å². The lowest BCUT2D eigenvalue weighted by atomic mass is 10.2. The van der Waals surface area contributed by atoms with Gasteiger partial charge in [-0.05, 0) is 25.1 Å². The van der Waals surface area contributed by atoms with Gasteiger partial charge in [-0.3, -0.25) is 4.79 Å². The number of nitrogens with one attached hydrogen (secondary N) is 1. The number of fused-ring (bicyclic) bond motifs is 1. The lowest BCUT2D eigenvalue weighted by Crippen LogP contribution is -2.27. The number of hydrogen-bond donors (Lipinski definition) is 1. The lowest BCUT2D eigenvalue weighted by molar-refractivity contribution is 0.0926. The molecule has 1 amide bonds. The second-order valence-corrected chi connectivity index (χ2v) is 4.33. The van der Waals surface area contributed by atoms with E-state index in [1.54, 1.807) is 18.2 Å². The summed E-state index contributed by atoms with van der Waals surface area (Å²) in [6, 6.07) is 5.11. The normalized spacial score (nSPS) is 12.3. The highest BCUT2D eigenvalue weighted by Gasteiger charge is 2.15. The highest BCUT2D eigenvalue weighted by Crippen LogP contribution is 2.32. The van der Waals surface area contributed by atoms with E-state index in [1.165, 1.54) is 0 Å². The van der Waals surface area contributed by atoms with Gasteiger partial charge in [-0.2, -0.15) is 0 Å². The molecule has 0 saturated heterocycles. The van der Waals surface area contributed by atoms with Crippen LogP contribution in [0.5, 0.6) is 11.5 Å². The van der Waals surface area contributed by atoms with Crippen LogP contribution in [0.1, 0.15) is 17.3 Å². The summed E-state index contributed by atoms with van der Waals surface area (Å²) in [5.41, 5.74) is 1.51. The van der Waals surface area contributed by atoms with Gasteiger partial charge in [0.15, 0.2) is 11.5 Å². The van der Waals surface area contributed by atoms with E-state index < -0.39 is 0 Å². The molecule has 1 N–H and O–H groups in total. The van der Waals surface area contributed by atoms with Gasteiger partial charge in [0.05, 0.1) is 13.2 Å². The molecule has 19 heavy (non-hydrogen) atoms. The first-order chi connectivity index (χ1) is 9.16. The van der Waals surface area contributed by atoms with Gasteiger partial charge in [0, 0.05) is 12.1 Å². The SMILES string of the molecule is C=C(C)COCCNC(=O)c1ccc2c(c1)OCO2. The van der Waals surface area contributed by atoms with Gasteiger partial charge in [0.2, 0.25) is 6.79 Å². The molecule has 0 spiro atoms. The zero-order chi connectivity index (χ0) is 13.7. The summed E-state index contributed by atoms with van der Waals surface area (Å²) in [4.78, 5) is 11.9. The minimum atomic E-state index is -0.155. The maximum Gasteiger partial charge on any atom is 0.251 e. The minimum Gasteiger partial charge on any atom is -0.454 e. The van der Waals surface area contributed by atoms with Gasteiger partial charge < -0.3 is 19.5 Å². The molecule has 0 radical (unpaired) electrons. The summed E-state index contributed by atoms with van der Waals surface area (Å²) in [5, 5.41) is 2.77. The highest BCUT2D eigenvalue weighted by atomic mass is 16.7. The fraction of sp³-hybridized carbons (Fsp3) is 0.357. The molecule has 5 heteroatoms. The Balaban J connectivity index is 1.78. The lowest BCUT2D eigenvalue weighted by Gasteiger charge is -2.07. The molecule has 0 fully saturated rings. The van der Waals surface area contributed by atoms with Crippen molar-refractivity contribution in [2.45, 2.75) is 6.92 Å². The molecule has 0 saturated carbocycles. The summed E-state index contributed by atoms with van der Waals surface area (Å²) in [5.74, 6) is 1.12. The summed E-state index contributed by atoms with van der Waals surface area (Å²) in [6.45, 7) is 7.26. The van der Waals surface area contributed by atoms with Gasteiger partial charge in [0.25, 0.3) is 5.91 Å². The van der Waals surface area contributed by atoms with Crippen LogP contribution in [0.3, 0.4) is 0 Å². The standard InChI is InChI=1S/C14H17NO4/c1-10(2)8-17-6-5-15-14(16)11-3-4-12-13(7-11)19-9-18-12/h3-4,7H,1,5-6,8-9H2,2H3,(H,15,16). The first kappa shape index (κ1) is 13.4. The molecule has 0 atom stereocenters. The first-order valence-electron chi connectivity index (χ1n) is 6.07. The maximum absolute atomic E-state index is 11.9. The molecule has 102 valence electrons. The molecule has 1 aromatic carbocycles. The van der Waals surface area contributed by atoms with Crippen LogP contribution in [0.2, 0.25) is 0 Å². The predicted octanol–water partition coefficient (Wildman–Crippen LogP) is 1.74. The Morgan fingerprint density at radius 3 is 3.00 bits per heavy atom. The maximum atomic E-state index is 11.9. The molecule has 2 rings (SSSR count). The third-order valence-electron chi connectivity index (χ3n) is 2.52. The Morgan fingerprint density at radius 1 is 1.42 bits per heavy atom. The smallest absolute Gasteiger partial charge is 0.251 e. The Morgan fingerprint density at radius 2 is 2.21 bits per heavy atom. The molecule has 0 bridgehead atoms. The van der Waals surface area contributed by atoms with Crippen LogP contribution in [-0.2, 0) is 4.74 Å². The third kappa shape index (κ3) is 3.72. The van der Waals surface area contributed by atoms with Crippen molar-refractivity contribution in [2.75, 3.05) is 26.6 Å². The first-order valence-corrected chi connectivity index (χ1v) is 6.07. The zero-order valence-electron chi connectivity index (χ0n) is 10.9. The number of ether oxygens (including phenoxy) is 3. The predicted molar refractivity (Wildman–Crippen MR) is 70.5 cm³/mol. The highest BCUT2D eigenvalue weighted by molar-refractivity contribution is 5.94. The number of hydrogen-bond acceptors (Lipinski definition) is 4. The summed E-state index contributed by atoms with van der Waals surface area (Å²) < 4.78 is 15.7. The van der Waals surface area contributed by atoms with Crippen molar-refractivity contribution in [3.8, 4) is 11.5 Å². The molecule has 0 aromatic heterocycles. The van der Waals surface area contributed by atoms with Crippen molar-refractivity contribution in [2.24, 2.45) is 0 Å². The number of carbonyl (C=O) groups excluding carboxylic acids is 1. The van der Waals surface area contributed by atoms with Crippen LogP contribution < -0.4 is 14.8 Å². The van der Waals surface area contributed by atoms with Crippen molar-refractivity contribution < 1.29 is 19.0 Å². The van der Waals surface area contributed by atoms with Gasteiger partial charge in [-0.1, -0.05) is 12.2 Å². The molecule has 1 heterocycles. The zero-order valence-corrected chi connectivity index (χ0v) is 10.9. The molecule has 5 nitrogen and oxygen atoms in total. The number of carbonyl (C=O) groups is 1. The number of rotatable bonds is 6. The van der Waals surface area contributed by atoms with Crippen molar-refractivity contribution in [1.82, 2.24) is 5.32 Å². The Kier molecular flexibility index (Phi) is 4.41. The topological polar surface area (TPSA) is 56.8 Å². The number of amides is 1. The van der Waals surface area contributed by atoms with Crippen molar-refractivity contribution in [1.29, 1.82) is 0 Å². The van der Waals surface area contributed by atoms with Crippen LogP contribution in [0.15, 0.2) is 30.4 Å². The Bertz CT molecular complexity index is 484. The third-order valence-corrected chi connectivity index (χ3v) is 2.52. The van der Waals surface area contributed by atoms with Crippen LogP contribution in [0.25, 0.3) is 0 Å². The van der Waals surface area contributed by atoms with Crippen LogP contribution in [0, 0.1) is 0 Å². The van der Waals surface area contributed by atoms with E-state index in [2.05, 4.69) is 11.9 Å². The van der Waals surface area contributed by atoms with E-state index in [0.717, 1.165) is 5.57 Å². The molecule has 1 aliphatic rings. The van der Waals surface area contributed by atoms with Gasteiger partial charge >= 0.3 is 0 Å². The molecular formula is C14H17NO4. The quantitative estimate of drug-likeness (QED) is 0.627. The largest absolute Gasteiger partial charge is 0.454 e. The van der Waals surface area contributed by atoms with Crippen molar-refractivity contribution in [3.63, 3.8) is 0 Å². The summed E-state index contributed by atoms with van der Waals surface area (Å²) in [7, 11) is 0. The Labute approximate surface area is 112 Å². The monoisotopic (exact) mass is 263 g/mol. The summed E-state index contributed by atoms with van der Waals surface area (Å²) >= 11 is 0. The van der Waals surface area contributed by atoms with Crippen molar-refractivity contribution in [3.05, 3.63) is 35.9 Å². The molecule has 1 aromatic rings. The van der Waals surface area contributed by atoms with E-state index >= 15 is 0 Å². The van der Waals surface area contributed by atoms with E-state index in [-0.39, 0.29) is 12.7 Å². The van der Waals surface area contributed by atoms with Crippen LogP contribution in [0.4, 0.5) is 0 Å². The molecule has 0 unspecified atom stereocenters. The summed E-state index contributed by atoms with van der Waals surface area (Å²) in [6.07, 6.45) is 0. The van der Waals surface area contributed by atoms with Crippen LogP contribution >= 0.6 is 0 Å². The Hall–Kier alpha value is -2.01.